The fraction of sp³-hybridized carbons (Fsp3) is 0.368. The van der Waals surface area contributed by atoms with E-state index in [1.807, 2.05) is 24.3 Å². The lowest BCUT2D eigenvalue weighted by atomic mass is 9.97. The maximum atomic E-state index is 12.5. The predicted octanol–water partition coefficient (Wildman–Crippen LogP) is 3.96. The van der Waals surface area contributed by atoms with Crippen molar-refractivity contribution in [1.82, 2.24) is 15.3 Å². The third-order valence-electron chi connectivity index (χ3n) is 4.77. The molecule has 1 aliphatic rings. The normalized spacial score (nSPS) is 17.6. The fourth-order valence-corrected chi connectivity index (χ4v) is 4.48. The molecule has 0 spiro atoms. The highest BCUT2D eigenvalue weighted by Gasteiger charge is 2.27. The molecule has 136 valence electrons. The summed E-state index contributed by atoms with van der Waals surface area (Å²) in [6, 6.07) is 10.2. The zero-order valence-corrected chi connectivity index (χ0v) is 16.8. The molecule has 0 unspecified atom stereocenters. The summed E-state index contributed by atoms with van der Waals surface area (Å²) < 4.78 is 1.03. The number of aromatic amines is 1. The summed E-state index contributed by atoms with van der Waals surface area (Å²) in [5.41, 5.74) is 1.96. The van der Waals surface area contributed by atoms with Gasteiger partial charge in [0.2, 0.25) is 11.9 Å². The topological polar surface area (TPSA) is 61.0 Å². The average molecular weight is 433 g/mol. The molecule has 1 aliphatic heterocycles. The van der Waals surface area contributed by atoms with E-state index in [2.05, 4.69) is 47.6 Å². The number of imidazole rings is 1. The second-order valence-electron chi connectivity index (χ2n) is 6.63. The van der Waals surface area contributed by atoms with E-state index in [-0.39, 0.29) is 11.8 Å². The van der Waals surface area contributed by atoms with E-state index in [9.17, 15) is 4.79 Å². The highest BCUT2D eigenvalue weighted by molar-refractivity contribution is 9.10. The molecule has 2 N–H and O–H groups in total. The standard InChI is InChI=1S/C19H21BrN4OS/c20-14-5-6-16-17(11-14)23-19(22-16)24-9-1-3-13(12-24)18(25)21-8-7-15-4-2-10-26-15/h2,4-6,10-11,13H,1,3,7-9,12H2,(H,21,25)(H,22,23)/t13-/m0/s1. The molecule has 3 heterocycles. The Labute approximate surface area is 164 Å². The number of aromatic nitrogens is 2. The molecule has 1 atom stereocenters. The van der Waals surface area contributed by atoms with E-state index in [1.54, 1.807) is 11.3 Å². The van der Waals surface area contributed by atoms with Gasteiger partial charge in [-0.1, -0.05) is 22.0 Å². The van der Waals surface area contributed by atoms with Crippen molar-refractivity contribution in [3.63, 3.8) is 0 Å². The second-order valence-corrected chi connectivity index (χ2v) is 8.58. The van der Waals surface area contributed by atoms with Gasteiger partial charge in [0.1, 0.15) is 0 Å². The Balaban J connectivity index is 1.37. The third kappa shape index (κ3) is 3.94. The summed E-state index contributed by atoms with van der Waals surface area (Å²) >= 11 is 5.23. The Morgan fingerprint density at radius 2 is 2.35 bits per heavy atom. The van der Waals surface area contributed by atoms with Gasteiger partial charge in [0.25, 0.3) is 0 Å². The molecule has 7 heteroatoms. The molecule has 5 nitrogen and oxygen atoms in total. The Kier molecular flexibility index (Phi) is 5.26. The van der Waals surface area contributed by atoms with Crippen LogP contribution in [-0.4, -0.2) is 35.5 Å². The minimum atomic E-state index is 0.0204. The maximum Gasteiger partial charge on any atom is 0.224 e. The molecule has 3 aromatic rings. The quantitative estimate of drug-likeness (QED) is 0.641. The summed E-state index contributed by atoms with van der Waals surface area (Å²) in [5.74, 6) is 1.03. The van der Waals surface area contributed by atoms with Gasteiger partial charge in [0.15, 0.2) is 0 Å². The molecule has 1 aromatic carbocycles. The zero-order valence-electron chi connectivity index (χ0n) is 14.4. The van der Waals surface area contributed by atoms with Crippen molar-refractivity contribution < 1.29 is 4.79 Å². The van der Waals surface area contributed by atoms with E-state index in [0.29, 0.717) is 13.1 Å². The summed E-state index contributed by atoms with van der Waals surface area (Å²) in [7, 11) is 0. The largest absolute Gasteiger partial charge is 0.355 e. The van der Waals surface area contributed by atoms with Crippen LogP contribution < -0.4 is 10.2 Å². The summed E-state index contributed by atoms with van der Waals surface area (Å²) in [4.78, 5) is 24.1. The minimum absolute atomic E-state index is 0.0204. The van der Waals surface area contributed by atoms with Gasteiger partial charge >= 0.3 is 0 Å². The Morgan fingerprint density at radius 1 is 1.42 bits per heavy atom. The highest BCUT2D eigenvalue weighted by atomic mass is 79.9. The summed E-state index contributed by atoms with van der Waals surface area (Å²) in [6.07, 6.45) is 2.84. The van der Waals surface area contributed by atoms with Crippen molar-refractivity contribution in [3.8, 4) is 0 Å². The first-order valence-corrected chi connectivity index (χ1v) is 10.6. The second kappa shape index (κ2) is 7.80. The minimum Gasteiger partial charge on any atom is -0.355 e. The van der Waals surface area contributed by atoms with E-state index in [0.717, 1.165) is 47.3 Å². The number of hydrogen-bond donors (Lipinski definition) is 2. The number of benzene rings is 1. The molecule has 2 aromatic heterocycles. The van der Waals surface area contributed by atoms with Gasteiger partial charge in [0, 0.05) is 29.0 Å². The Hall–Kier alpha value is -1.86. The summed E-state index contributed by atoms with van der Waals surface area (Å²) in [5, 5.41) is 5.17. The Bertz CT molecular complexity index is 892. The lowest BCUT2D eigenvalue weighted by molar-refractivity contribution is -0.125. The number of carbonyl (C=O) groups excluding carboxylic acids is 1. The van der Waals surface area contributed by atoms with Crippen molar-refractivity contribution in [2.45, 2.75) is 19.3 Å². The van der Waals surface area contributed by atoms with E-state index in [1.165, 1.54) is 4.88 Å². The van der Waals surface area contributed by atoms with Crippen LogP contribution in [0, 0.1) is 5.92 Å². The number of piperidine rings is 1. The van der Waals surface area contributed by atoms with Crippen LogP contribution in [0.1, 0.15) is 17.7 Å². The van der Waals surface area contributed by atoms with Gasteiger partial charge in [-0.05, 0) is 48.9 Å². The Morgan fingerprint density at radius 3 is 3.19 bits per heavy atom. The molecule has 4 rings (SSSR count). The van der Waals surface area contributed by atoms with Crippen LogP contribution in [0.2, 0.25) is 0 Å². The lowest BCUT2D eigenvalue weighted by Crippen LogP contribution is -2.43. The first-order chi connectivity index (χ1) is 12.7. The van der Waals surface area contributed by atoms with Crippen LogP contribution in [0.5, 0.6) is 0 Å². The average Bonchev–Trinajstić information content (AvgIpc) is 3.31. The molecule has 0 aliphatic carbocycles. The van der Waals surface area contributed by atoms with Crippen LogP contribution in [0.15, 0.2) is 40.2 Å². The van der Waals surface area contributed by atoms with Gasteiger partial charge in [-0.3, -0.25) is 4.79 Å². The van der Waals surface area contributed by atoms with Crippen LogP contribution in [0.4, 0.5) is 5.95 Å². The third-order valence-corrected chi connectivity index (χ3v) is 6.20. The van der Waals surface area contributed by atoms with Gasteiger partial charge in [0.05, 0.1) is 17.0 Å². The molecule has 1 saturated heterocycles. The van der Waals surface area contributed by atoms with Crippen LogP contribution in [0.25, 0.3) is 11.0 Å². The number of thiophene rings is 1. The monoisotopic (exact) mass is 432 g/mol. The van der Waals surface area contributed by atoms with Gasteiger partial charge in [-0.15, -0.1) is 11.3 Å². The first-order valence-electron chi connectivity index (χ1n) is 8.89. The first kappa shape index (κ1) is 17.5. The molecule has 0 radical (unpaired) electrons. The lowest BCUT2D eigenvalue weighted by Gasteiger charge is -2.31. The number of fused-ring (bicyclic) bond motifs is 1. The van der Waals surface area contributed by atoms with Crippen molar-refractivity contribution in [1.29, 1.82) is 0 Å². The van der Waals surface area contributed by atoms with Gasteiger partial charge < -0.3 is 15.2 Å². The molecule has 1 fully saturated rings. The number of anilines is 1. The van der Waals surface area contributed by atoms with Crippen LogP contribution in [-0.2, 0) is 11.2 Å². The van der Waals surface area contributed by atoms with Gasteiger partial charge in [-0.25, -0.2) is 4.98 Å². The smallest absolute Gasteiger partial charge is 0.224 e. The number of H-pyrrole nitrogens is 1. The molecular formula is C19H21BrN4OS. The fourth-order valence-electron chi connectivity index (χ4n) is 3.41. The number of carbonyl (C=O) groups is 1. The number of halogens is 1. The number of nitrogens with one attached hydrogen (secondary N) is 2. The number of amides is 1. The van der Waals surface area contributed by atoms with Crippen molar-refractivity contribution in [3.05, 3.63) is 45.1 Å². The highest BCUT2D eigenvalue weighted by Crippen LogP contribution is 2.25. The number of rotatable bonds is 5. The summed E-state index contributed by atoms with van der Waals surface area (Å²) in [6.45, 7) is 2.35. The molecule has 0 bridgehead atoms. The molecular weight excluding hydrogens is 412 g/mol. The molecule has 1 amide bonds. The predicted molar refractivity (Wildman–Crippen MR) is 110 cm³/mol. The van der Waals surface area contributed by atoms with E-state index in [4.69, 9.17) is 0 Å². The van der Waals surface area contributed by atoms with Crippen LogP contribution in [0.3, 0.4) is 0 Å². The number of hydrogen-bond acceptors (Lipinski definition) is 4. The zero-order chi connectivity index (χ0) is 17.9. The SMILES string of the molecule is O=C(NCCc1cccs1)[C@H]1CCCN(c2nc3ccc(Br)cc3[nH]2)C1. The van der Waals surface area contributed by atoms with Crippen LogP contribution >= 0.6 is 27.3 Å². The maximum absolute atomic E-state index is 12.5. The van der Waals surface area contributed by atoms with Crippen molar-refractivity contribution >= 4 is 50.2 Å². The number of nitrogens with zero attached hydrogens (tertiary/aromatic N) is 2. The van der Waals surface area contributed by atoms with Crippen molar-refractivity contribution in [2.75, 3.05) is 24.5 Å². The van der Waals surface area contributed by atoms with E-state index < -0.39 is 0 Å². The molecule has 0 saturated carbocycles. The van der Waals surface area contributed by atoms with Crippen molar-refractivity contribution in [2.24, 2.45) is 5.92 Å². The van der Waals surface area contributed by atoms with E-state index >= 15 is 0 Å². The van der Waals surface area contributed by atoms with Gasteiger partial charge in [-0.2, -0.15) is 0 Å². The molecule has 26 heavy (non-hydrogen) atoms.